The van der Waals surface area contributed by atoms with E-state index in [0.29, 0.717) is 42.1 Å². The van der Waals surface area contributed by atoms with Crippen LogP contribution >= 0.6 is 11.9 Å². The van der Waals surface area contributed by atoms with Gasteiger partial charge < -0.3 is 5.73 Å². The maximum absolute atomic E-state index is 6.00. The summed E-state index contributed by atoms with van der Waals surface area (Å²) in [5.41, 5.74) is 8.78. The lowest BCUT2D eigenvalue weighted by atomic mass is 9.78. The van der Waals surface area contributed by atoms with Gasteiger partial charge in [-0.1, -0.05) is 32.7 Å². The summed E-state index contributed by atoms with van der Waals surface area (Å²) in [6.07, 6.45) is 12.4. The zero-order chi connectivity index (χ0) is 26.9. The highest BCUT2D eigenvalue weighted by molar-refractivity contribution is 7.98. The molecule has 4 aliphatic rings. The van der Waals surface area contributed by atoms with E-state index in [9.17, 15) is 0 Å². The summed E-state index contributed by atoms with van der Waals surface area (Å²) >= 11 is 1.91. The van der Waals surface area contributed by atoms with E-state index < -0.39 is 0 Å². The summed E-state index contributed by atoms with van der Waals surface area (Å²) in [7, 11) is 0. The first-order valence-corrected chi connectivity index (χ1v) is 16.1. The van der Waals surface area contributed by atoms with E-state index in [1.807, 2.05) is 24.2 Å². The normalized spacial score (nSPS) is 38.6. The Labute approximate surface area is 235 Å². The van der Waals surface area contributed by atoms with Crippen LogP contribution in [0.5, 0.6) is 0 Å². The minimum absolute atomic E-state index is 0.198. The number of hydrogen-bond acceptors (Lipinski definition) is 8. The molecule has 4 saturated heterocycles. The maximum Gasteiger partial charge on any atom is 0.0690 e. The van der Waals surface area contributed by atoms with Gasteiger partial charge >= 0.3 is 0 Å². The van der Waals surface area contributed by atoms with E-state index in [-0.39, 0.29) is 17.0 Å². The van der Waals surface area contributed by atoms with E-state index in [1.165, 1.54) is 45.1 Å². The first kappa shape index (κ1) is 28.8. The van der Waals surface area contributed by atoms with Crippen LogP contribution in [0.4, 0.5) is 0 Å². The fourth-order valence-corrected chi connectivity index (χ4v) is 8.48. The molecular formula is C30H53N7S. The van der Waals surface area contributed by atoms with Crippen LogP contribution in [0, 0.1) is 17.3 Å². The van der Waals surface area contributed by atoms with E-state index in [0.717, 1.165) is 30.6 Å². The van der Waals surface area contributed by atoms with Crippen molar-refractivity contribution in [2.45, 2.75) is 128 Å². The van der Waals surface area contributed by atoms with Crippen molar-refractivity contribution in [1.82, 2.24) is 30.6 Å². The predicted octanol–water partition coefficient (Wildman–Crippen LogP) is 4.47. The molecule has 7 nitrogen and oxygen atoms in total. The Morgan fingerprint density at radius 2 is 1.92 bits per heavy atom. The van der Waals surface area contributed by atoms with Crippen LogP contribution in [0.15, 0.2) is 18.3 Å². The third kappa shape index (κ3) is 6.76. The van der Waals surface area contributed by atoms with Crippen molar-refractivity contribution < 1.29 is 0 Å². The molecule has 214 valence electrons. The lowest BCUT2D eigenvalue weighted by molar-refractivity contribution is 0.00552. The van der Waals surface area contributed by atoms with Gasteiger partial charge in [-0.25, -0.2) is 0 Å². The standard InChI is InChI=1S/C30H53N7S/c1-29(2,3)25-12-10-22-18-33-38-27-8-6-7-26(36-27)34-23(24-15-20(17-31)13-14-32-24)11-9-21-16-30(4,5)37(19-21)28(22)35-25/h13-15,21-23,25-28,33-36H,6-12,16-19,31H2,1-5H3/t21-,22?,23?,25?,26?,27?,28?/m0/s1. The van der Waals surface area contributed by atoms with Crippen molar-refractivity contribution in [1.29, 1.82) is 0 Å². The van der Waals surface area contributed by atoms with E-state index in [1.54, 1.807) is 0 Å². The minimum Gasteiger partial charge on any atom is -0.326 e. The number of piperidine rings is 2. The van der Waals surface area contributed by atoms with Crippen molar-refractivity contribution in [3.8, 4) is 0 Å². The average molecular weight is 544 g/mol. The van der Waals surface area contributed by atoms with Crippen molar-refractivity contribution in [3.63, 3.8) is 0 Å². The molecule has 0 saturated carbocycles. The summed E-state index contributed by atoms with van der Waals surface area (Å²) in [5.74, 6) is 1.32. The lowest BCUT2D eigenvalue weighted by Crippen LogP contribution is -2.63. The second-order valence-electron chi connectivity index (χ2n) is 14.1. The number of rotatable bonds is 2. The Hall–Kier alpha value is -0.740. The molecule has 6 N–H and O–H groups in total. The number of hydrogen-bond donors (Lipinski definition) is 5. The van der Waals surface area contributed by atoms with Crippen LogP contribution in [-0.4, -0.2) is 52.3 Å². The van der Waals surface area contributed by atoms with E-state index in [4.69, 9.17) is 10.7 Å². The van der Waals surface area contributed by atoms with Gasteiger partial charge in [0.15, 0.2) is 0 Å². The molecule has 0 spiro atoms. The van der Waals surface area contributed by atoms with Gasteiger partial charge in [0, 0.05) is 43.3 Å². The van der Waals surface area contributed by atoms with Crippen molar-refractivity contribution in [2.24, 2.45) is 23.0 Å². The van der Waals surface area contributed by atoms with Gasteiger partial charge in [-0.3, -0.25) is 30.6 Å². The van der Waals surface area contributed by atoms with Crippen LogP contribution in [0.1, 0.15) is 103 Å². The molecule has 7 unspecified atom stereocenters. The van der Waals surface area contributed by atoms with Crippen LogP contribution in [0.25, 0.3) is 0 Å². The van der Waals surface area contributed by atoms with Gasteiger partial charge in [0.1, 0.15) is 0 Å². The summed E-state index contributed by atoms with van der Waals surface area (Å²) in [6, 6.07) is 5.06. The van der Waals surface area contributed by atoms with Crippen molar-refractivity contribution in [3.05, 3.63) is 29.6 Å². The predicted molar refractivity (Wildman–Crippen MR) is 159 cm³/mol. The summed E-state index contributed by atoms with van der Waals surface area (Å²) < 4.78 is 3.84. The third-order valence-corrected chi connectivity index (χ3v) is 10.7. The molecule has 1 aromatic heterocycles. The summed E-state index contributed by atoms with van der Waals surface area (Å²) in [4.78, 5) is 7.67. The molecular weight excluding hydrogens is 490 g/mol. The maximum atomic E-state index is 6.00. The molecule has 0 aromatic carbocycles. The van der Waals surface area contributed by atoms with E-state index in [2.05, 4.69) is 66.3 Å². The highest BCUT2D eigenvalue weighted by Crippen LogP contribution is 2.41. The van der Waals surface area contributed by atoms with Gasteiger partial charge in [0.05, 0.1) is 29.4 Å². The molecule has 0 aliphatic carbocycles. The van der Waals surface area contributed by atoms with Crippen molar-refractivity contribution >= 4 is 11.9 Å². The summed E-state index contributed by atoms with van der Waals surface area (Å²) in [6.45, 7) is 15.0. The van der Waals surface area contributed by atoms with Gasteiger partial charge in [0.25, 0.3) is 0 Å². The first-order valence-electron chi connectivity index (χ1n) is 15.2. The molecule has 0 amide bonds. The number of pyridine rings is 1. The lowest BCUT2D eigenvalue weighted by Gasteiger charge is -2.50. The highest BCUT2D eigenvalue weighted by Gasteiger charge is 2.47. The molecule has 4 aliphatic heterocycles. The number of nitrogens with zero attached hydrogens (tertiary/aromatic N) is 2. The van der Waals surface area contributed by atoms with Gasteiger partial charge in [-0.05, 0) is 94.2 Å². The Morgan fingerprint density at radius 3 is 2.71 bits per heavy atom. The SMILES string of the molecule is CC(C)(C)C1CCC2CNSC3CCCC(N3)NC(c3cc(CN)ccn3)CC[C@@H]3CN(C2N1)C(C)(C)C3. The Kier molecular flexibility index (Phi) is 9.10. The Bertz CT molecular complexity index is 918. The smallest absolute Gasteiger partial charge is 0.0690 e. The average Bonchev–Trinajstić information content (AvgIpc) is 3.19. The Morgan fingerprint density at radius 1 is 1.08 bits per heavy atom. The molecule has 1 aromatic rings. The quantitative estimate of drug-likeness (QED) is 0.349. The molecule has 5 rings (SSSR count). The van der Waals surface area contributed by atoms with Gasteiger partial charge in [-0.15, -0.1) is 0 Å². The highest BCUT2D eigenvalue weighted by atomic mass is 32.2. The number of aromatic nitrogens is 1. The van der Waals surface area contributed by atoms with Gasteiger partial charge in [0.2, 0.25) is 0 Å². The topological polar surface area (TPSA) is 90.3 Å². The molecule has 8 atom stereocenters. The number of fused-ring (bicyclic) bond motifs is 6. The van der Waals surface area contributed by atoms with Crippen LogP contribution in [-0.2, 0) is 6.54 Å². The Balaban J connectivity index is 1.40. The van der Waals surface area contributed by atoms with Crippen LogP contribution < -0.4 is 26.4 Å². The van der Waals surface area contributed by atoms with E-state index >= 15 is 0 Å². The molecule has 0 radical (unpaired) electrons. The second-order valence-corrected chi connectivity index (χ2v) is 15.2. The monoisotopic (exact) mass is 543 g/mol. The molecule has 4 fully saturated rings. The fraction of sp³-hybridized carbons (Fsp3) is 0.833. The molecule has 4 bridgehead atoms. The minimum atomic E-state index is 0.198. The van der Waals surface area contributed by atoms with Gasteiger partial charge in [-0.2, -0.15) is 0 Å². The zero-order valence-corrected chi connectivity index (χ0v) is 25.2. The van der Waals surface area contributed by atoms with Crippen LogP contribution in [0.2, 0.25) is 0 Å². The van der Waals surface area contributed by atoms with Crippen molar-refractivity contribution in [2.75, 3.05) is 13.1 Å². The van der Waals surface area contributed by atoms with Crippen LogP contribution in [0.3, 0.4) is 0 Å². The molecule has 5 heterocycles. The zero-order valence-electron chi connectivity index (χ0n) is 24.4. The largest absolute Gasteiger partial charge is 0.326 e. The number of nitrogens with two attached hydrogens (primary N) is 1. The second kappa shape index (κ2) is 12.0. The third-order valence-electron chi connectivity index (χ3n) is 9.67. The summed E-state index contributed by atoms with van der Waals surface area (Å²) in [5, 5.41) is 12.5. The molecule has 38 heavy (non-hydrogen) atoms. The first-order chi connectivity index (χ1) is 18.1. The number of nitrogens with one attached hydrogen (secondary N) is 4. The fourth-order valence-electron chi connectivity index (χ4n) is 7.45. The molecule has 8 heteroatoms.